The number of amides is 1. The molecule has 0 fully saturated rings. The Morgan fingerprint density at radius 2 is 1.70 bits per heavy atom. The van der Waals surface area contributed by atoms with Crippen molar-refractivity contribution in [3.05, 3.63) is 65.7 Å². The fraction of sp³-hybridized carbons (Fsp3) is 0.435. The third kappa shape index (κ3) is 6.40. The zero-order chi connectivity index (χ0) is 19.6. The zero-order valence-corrected chi connectivity index (χ0v) is 16.5. The van der Waals surface area contributed by atoms with E-state index in [0.29, 0.717) is 12.5 Å². The van der Waals surface area contributed by atoms with E-state index < -0.39 is 5.92 Å². The molecule has 1 unspecified atom stereocenters. The Bertz CT molecular complexity index is 685. The number of rotatable bonds is 10. The van der Waals surface area contributed by atoms with Gasteiger partial charge in [-0.25, -0.2) is 0 Å². The van der Waals surface area contributed by atoms with Gasteiger partial charge in [0.1, 0.15) is 5.75 Å². The predicted octanol–water partition coefficient (Wildman–Crippen LogP) is 4.45. The van der Waals surface area contributed by atoms with Crippen LogP contribution < -0.4 is 10.1 Å². The first-order valence-electron chi connectivity index (χ1n) is 9.74. The zero-order valence-electron chi connectivity index (χ0n) is 16.5. The van der Waals surface area contributed by atoms with Crippen molar-refractivity contribution < 1.29 is 14.6 Å². The Hall–Kier alpha value is -2.33. The van der Waals surface area contributed by atoms with Gasteiger partial charge in [0.15, 0.2) is 0 Å². The predicted molar refractivity (Wildman–Crippen MR) is 109 cm³/mol. The van der Waals surface area contributed by atoms with Gasteiger partial charge >= 0.3 is 0 Å². The fourth-order valence-corrected chi connectivity index (χ4v) is 3.09. The van der Waals surface area contributed by atoms with Gasteiger partial charge in [0.2, 0.25) is 5.91 Å². The average Bonchev–Trinajstić information content (AvgIpc) is 2.69. The number of aliphatic hydroxyl groups excluding tert-OH is 1. The van der Waals surface area contributed by atoms with Crippen LogP contribution in [0.1, 0.15) is 56.7 Å². The Morgan fingerprint density at radius 3 is 2.30 bits per heavy atom. The van der Waals surface area contributed by atoms with Crippen LogP contribution in [-0.4, -0.2) is 24.2 Å². The standard InChI is InChI=1S/C23H31NO3/c1-4-8-17(2)16-27-21-13-11-20(12-14-21)22(15-25)23(26)24-18(3)19-9-6-5-7-10-19/h5-7,9-14,17-18,22,25H,4,8,15-16H2,1-3H3,(H,24,26)/t17?,18-,22-/m1/s1. The molecule has 27 heavy (non-hydrogen) atoms. The lowest BCUT2D eigenvalue weighted by Crippen LogP contribution is -2.33. The molecule has 2 aromatic carbocycles. The van der Waals surface area contributed by atoms with Gasteiger partial charge in [-0.05, 0) is 42.5 Å². The van der Waals surface area contributed by atoms with Crippen LogP contribution in [0.5, 0.6) is 5.75 Å². The maximum absolute atomic E-state index is 12.6. The van der Waals surface area contributed by atoms with E-state index >= 15 is 0 Å². The molecule has 0 aliphatic rings. The molecular weight excluding hydrogens is 338 g/mol. The number of carbonyl (C=O) groups excluding carboxylic acids is 1. The SMILES string of the molecule is CCCC(C)COc1ccc([C@@H](CO)C(=O)N[C@H](C)c2ccccc2)cc1. The van der Waals surface area contributed by atoms with E-state index in [9.17, 15) is 9.90 Å². The minimum absolute atomic E-state index is 0.115. The van der Waals surface area contributed by atoms with Crippen molar-refractivity contribution in [1.29, 1.82) is 0 Å². The van der Waals surface area contributed by atoms with E-state index in [1.165, 1.54) is 0 Å². The van der Waals surface area contributed by atoms with Crippen LogP contribution in [0.25, 0.3) is 0 Å². The molecule has 2 N–H and O–H groups in total. The summed E-state index contributed by atoms with van der Waals surface area (Å²) >= 11 is 0. The second-order valence-corrected chi connectivity index (χ2v) is 7.15. The maximum atomic E-state index is 12.6. The van der Waals surface area contributed by atoms with Gasteiger partial charge in [-0.3, -0.25) is 4.79 Å². The lowest BCUT2D eigenvalue weighted by Gasteiger charge is -2.20. The number of carbonyl (C=O) groups is 1. The van der Waals surface area contributed by atoms with Crippen molar-refractivity contribution in [2.24, 2.45) is 5.92 Å². The third-order valence-electron chi connectivity index (χ3n) is 4.76. The summed E-state index contributed by atoms with van der Waals surface area (Å²) in [5.41, 5.74) is 1.82. The normalized spacial score (nSPS) is 14.2. The van der Waals surface area contributed by atoms with E-state index in [2.05, 4.69) is 19.2 Å². The lowest BCUT2D eigenvalue weighted by atomic mass is 9.98. The molecule has 0 radical (unpaired) electrons. The summed E-state index contributed by atoms with van der Waals surface area (Å²) in [4.78, 5) is 12.6. The average molecular weight is 370 g/mol. The van der Waals surface area contributed by atoms with E-state index in [1.54, 1.807) is 0 Å². The number of ether oxygens (including phenoxy) is 1. The van der Waals surface area contributed by atoms with Crippen LogP contribution in [0.4, 0.5) is 0 Å². The first kappa shape index (κ1) is 21.0. The Kier molecular flexibility index (Phi) is 8.34. The highest BCUT2D eigenvalue weighted by molar-refractivity contribution is 5.84. The third-order valence-corrected chi connectivity index (χ3v) is 4.76. The smallest absolute Gasteiger partial charge is 0.230 e. The second-order valence-electron chi connectivity index (χ2n) is 7.15. The molecule has 0 bridgehead atoms. The highest BCUT2D eigenvalue weighted by atomic mass is 16.5. The van der Waals surface area contributed by atoms with Gasteiger partial charge in [-0.1, -0.05) is 62.7 Å². The van der Waals surface area contributed by atoms with Gasteiger partial charge in [0.05, 0.1) is 25.2 Å². The number of benzene rings is 2. The summed E-state index contributed by atoms with van der Waals surface area (Å²) in [6, 6.07) is 17.1. The molecular formula is C23H31NO3. The molecule has 0 aliphatic carbocycles. The molecule has 0 saturated heterocycles. The minimum atomic E-state index is -0.593. The summed E-state index contributed by atoms with van der Waals surface area (Å²) in [7, 11) is 0. The molecule has 4 heteroatoms. The first-order valence-corrected chi connectivity index (χ1v) is 9.74. The quantitative estimate of drug-likeness (QED) is 0.650. The van der Waals surface area contributed by atoms with Gasteiger partial charge < -0.3 is 15.2 Å². The maximum Gasteiger partial charge on any atom is 0.230 e. The van der Waals surface area contributed by atoms with Gasteiger partial charge in [-0.2, -0.15) is 0 Å². The number of hydrogen-bond donors (Lipinski definition) is 2. The Labute approximate surface area is 162 Å². The summed E-state index contributed by atoms with van der Waals surface area (Å²) in [6.45, 7) is 6.74. The molecule has 0 saturated carbocycles. The van der Waals surface area contributed by atoms with Gasteiger partial charge in [-0.15, -0.1) is 0 Å². The molecule has 2 rings (SSSR count). The van der Waals surface area contributed by atoms with E-state index in [-0.39, 0.29) is 18.6 Å². The molecule has 0 spiro atoms. The summed E-state index contributed by atoms with van der Waals surface area (Å²) in [5.74, 6) is 0.532. The summed E-state index contributed by atoms with van der Waals surface area (Å²) < 4.78 is 5.81. The summed E-state index contributed by atoms with van der Waals surface area (Å²) in [5, 5.41) is 12.7. The van der Waals surface area contributed by atoms with E-state index in [0.717, 1.165) is 29.7 Å². The molecule has 0 heterocycles. The van der Waals surface area contributed by atoms with Crippen LogP contribution in [0.3, 0.4) is 0 Å². The number of aliphatic hydroxyl groups is 1. The largest absolute Gasteiger partial charge is 0.493 e. The molecule has 2 aromatic rings. The Morgan fingerprint density at radius 1 is 1.04 bits per heavy atom. The van der Waals surface area contributed by atoms with Crippen LogP contribution in [0, 0.1) is 5.92 Å². The van der Waals surface area contributed by atoms with Crippen LogP contribution in [0.15, 0.2) is 54.6 Å². The Balaban J connectivity index is 1.96. The number of nitrogens with one attached hydrogen (secondary N) is 1. The molecule has 146 valence electrons. The van der Waals surface area contributed by atoms with Gasteiger partial charge in [0, 0.05) is 0 Å². The highest BCUT2D eigenvalue weighted by Crippen LogP contribution is 2.22. The topological polar surface area (TPSA) is 58.6 Å². The van der Waals surface area contributed by atoms with Crippen molar-refractivity contribution in [2.45, 2.75) is 45.6 Å². The minimum Gasteiger partial charge on any atom is -0.493 e. The van der Waals surface area contributed by atoms with E-state index in [1.807, 2.05) is 61.5 Å². The highest BCUT2D eigenvalue weighted by Gasteiger charge is 2.21. The molecule has 1 amide bonds. The van der Waals surface area contributed by atoms with Crippen molar-refractivity contribution in [2.75, 3.05) is 13.2 Å². The van der Waals surface area contributed by atoms with Crippen molar-refractivity contribution >= 4 is 5.91 Å². The van der Waals surface area contributed by atoms with Crippen LogP contribution in [-0.2, 0) is 4.79 Å². The van der Waals surface area contributed by atoms with Crippen molar-refractivity contribution in [3.8, 4) is 5.75 Å². The fourth-order valence-electron chi connectivity index (χ4n) is 3.09. The summed E-state index contributed by atoms with van der Waals surface area (Å²) in [6.07, 6.45) is 2.29. The molecule has 4 nitrogen and oxygen atoms in total. The second kappa shape index (κ2) is 10.7. The van der Waals surface area contributed by atoms with Gasteiger partial charge in [0.25, 0.3) is 0 Å². The van der Waals surface area contributed by atoms with Crippen LogP contribution >= 0.6 is 0 Å². The lowest BCUT2D eigenvalue weighted by molar-refractivity contribution is -0.124. The van der Waals surface area contributed by atoms with Crippen LogP contribution in [0.2, 0.25) is 0 Å². The van der Waals surface area contributed by atoms with E-state index in [4.69, 9.17) is 4.74 Å². The van der Waals surface area contributed by atoms with Crippen molar-refractivity contribution in [1.82, 2.24) is 5.32 Å². The monoisotopic (exact) mass is 369 g/mol. The molecule has 0 aliphatic heterocycles. The molecule has 0 aromatic heterocycles. The number of hydrogen-bond acceptors (Lipinski definition) is 3. The van der Waals surface area contributed by atoms with Crippen molar-refractivity contribution in [3.63, 3.8) is 0 Å². The first-order chi connectivity index (χ1) is 13.0. The molecule has 3 atom stereocenters.